The Balaban J connectivity index is 0.955. The molecule has 13 heteroatoms. The maximum atomic E-state index is 15.8. The van der Waals surface area contributed by atoms with Crippen LogP contribution in [-0.2, 0) is 22.7 Å². The summed E-state index contributed by atoms with van der Waals surface area (Å²) in [6, 6.07) is 11.4. The van der Waals surface area contributed by atoms with Crippen molar-refractivity contribution in [1.82, 2.24) is 30.0 Å². The molecule has 5 aliphatic rings. The molecule has 2 aromatic rings. The zero-order valence-corrected chi connectivity index (χ0v) is 29.3. The molecule has 0 spiro atoms. The summed E-state index contributed by atoms with van der Waals surface area (Å²) in [5.41, 5.74) is 4.98. The minimum atomic E-state index is -2.94. The van der Waals surface area contributed by atoms with Gasteiger partial charge < -0.3 is 4.90 Å². The zero-order valence-electron chi connectivity index (χ0n) is 28.5. The van der Waals surface area contributed by atoms with Crippen LogP contribution in [0.1, 0.15) is 73.0 Å². The first-order valence-corrected chi connectivity index (χ1v) is 17.8. The van der Waals surface area contributed by atoms with E-state index in [4.69, 9.17) is 11.6 Å². The van der Waals surface area contributed by atoms with Gasteiger partial charge in [-0.3, -0.25) is 29.5 Å². The Kier molecular flexibility index (Phi) is 9.23. The normalized spacial score (nSPS) is 24.5. The maximum Gasteiger partial charge on any atom is 0.342 e. The Morgan fingerprint density at radius 1 is 0.940 bits per heavy atom. The van der Waals surface area contributed by atoms with E-state index in [2.05, 4.69) is 19.2 Å². The highest BCUT2D eigenvalue weighted by Gasteiger charge is 2.48. The quantitative estimate of drug-likeness (QED) is 0.445. The smallest absolute Gasteiger partial charge is 0.336 e. The Morgan fingerprint density at radius 2 is 1.68 bits per heavy atom. The number of nitrogens with zero attached hydrogens (tertiary/aromatic N) is 5. The third-order valence-corrected chi connectivity index (χ3v) is 11.1. The predicted molar refractivity (Wildman–Crippen MR) is 184 cm³/mol. The van der Waals surface area contributed by atoms with Gasteiger partial charge in [0.05, 0.1) is 25.7 Å². The highest BCUT2D eigenvalue weighted by molar-refractivity contribution is 6.30. The number of amides is 5. The van der Waals surface area contributed by atoms with Gasteiger partial charge in [0.2, 0.25) is 11.8 Å². The monoisotopic (exact) mass is 708 g/mol. The number of urea groups is 1. The molecule has 0 saturated carbocycles. The van der Waals surface area contributed by atoms with Crippen molar-refractivity contribution in [2.75, 3.05) is 45.8 Å². The van der Waals surface area contributed by atoms with Gasteiger partial charge in [-0.05, 0) is 71.6 Å². The largest absolute Gasteiger partial charge is 0.342 e. The van der Waals surface area contributed by atoms with Crippen LogP contribution < -0.4 is 5.32 Å². The predicted octanol–water partition coefficient (Wildman–Crippen LogP) is 5.17. The number of hydrogen-bond donors (Lipinski definition) is 1. The van der Waals surface area contributed by atoms with Crippen molar-refractivity contribution in [2.45, 2.75) is 71.0 Å². The van der Waals surface area contributed by atoms with Crippen LogP contribution in [0.3, 0.4) is 0 Å². The van der Waals surface area contributed by atoms with Gasteiger partial charge in [-0.2, -0.15) is 0 Å². The molecule has 5 amide bonds. The molecule has 1 N–H and O–H groups in total. The van der Waals surface area contributed by atoms with Crippen molar-refractivity contribution < 1.29 is 28.0 Å². The van der Waals surface area contributed by atoms with Crippen LogP contribution in [0.25, 0.3) is 5.57 Å². The number of piperazine rings is 1. The highest BCUT2D eigenvalue weighted by atomic mass is 35.5. The lowest BCUT2D eigenvalue weighted by Crippen LogP contribution is -2.62. The number of nitrogens with one attached hydrogen (secondary N) is 1. The number of fused-ring (bicyclic) bond motifs is 1. The second-order valence-electron chi connectivity index (χ2n) is 15.0. The second kappa shape index (κ2) is 13.4. The Morgan fingerprint density at radius 3 is 2.38 bits per heavy atom. The van der Waals surface area contributed by atoms with Crippen LogP contribution in [0.2, 0.25) is 5.02 Å². The number of rotatable bonds is 6. The van der Waals surface area contributed by atoms with Crippen molar-refractivity contribution in [1.29, 1.82) is 0 Å². The van der Waals surface area contributed by atoms with Gasteiger partial charge in [0.25, 0.3) is 11.8 Å². The van der Waals surface area contributed by atoms with Crippen molar-refractivity contribution in [3.63, 3.8) is 0 Å². The fraction of sp³-hybridized carbons (Fsp3) is 0.514. The Hall–Kier alpha value is -3.87. The van der Waals surface area contributed by atoms with E-state index in [0.29, 0.717) is 62.7 Å². The molecule has 2 aromatic carbocycles. The molecule has 0 radical (unpaired) electrons. The number of carbonyl (C=O) groups is 4. The number of halogens is 3. The van der Waals surface area contributed by atoms with Crippen LogP contribution >= 0.6 is 11.6 Å². The van der Waals surface area contributed by atoms with Gasteiger partial charge in [0, 0.05) is 61.8 Å². The number of piperidine rings is 1. The molecule has 10 nitrogen and oxygen atoms in total. The van der Waals surface area contributed by atoms with E-state index in [1.807, 2.05) is 40.1 Å². The highest BCUT2D eigenvalue weighted by Crippen LogP contribution is 2.44. The lowest BCUT2D eigenvalue weighted by Gasteiger charge is -2.46. The molecule has 50 heavy (non-hydrogen) atoms. The summed E-state index contributed by atoms with van der Waals surface area (Å²) in [7, 11) is 0. The van der Waals surface area contributed by atoms with Crippen molar-refractivity contribution in [3.8, 4) is 0 Å². The van der Waals surface area contributed by atoms with Gasteiger partial charge in [0.15, 0.2) is 0 Å². The third kappa shape index (κ3) is 6.89. The summed E-state index contributed by atoms with van der Waals surface area (Å²) in [5, 5.41) is 5.46. The molecule has 0 bridgehead atoms. The SMILES string of the molecule is CC1(C)CCC(C(=O)N2CCN(C3CCN(Cc4ccc5c(c4)CN(N4CCC(=O)NC4=O)C5=O)CC3(F)F)CC2)=C(c2ccc(Cl)cc2)C1. The van der Waals surface area contributed by atoms with Gasteiger partial charge in [-0.1, -0.05) is 49.7 Å². The number of likely N-dealkylation sites (tertiary alicyclic amines) is 1. The molecule has 0 aromatic heterocycles. The number of alkyl halides is 2. The minimum absolute atomic E-state index is 0.0140. The number of carbonyl (C=O) groups excluding carboxylic acids is 4. The number of hydrogen-bond acceptors (Lipinski definition) is 6. The van der Waals surface area contributed by atoms with Gasteiger partial charge in [-0.15, -0.1) is 0 Å². The van der Waals surface area contributed by atoms with Crippen LogP contribution in [-0.4, -0.2) is 106 Å². The van der Waals surface area contributed by atoms with E-state index >= 15 is 8.78 Å². The molecule has 7 rings (SSSR count). The van der Waals surface area contributed by atoms with E-state index in [1.54, 1.807) is 17.0 Å². The Bertz CT molecular complexity index is 1740. The third-order valence-electron chi connectivity index (χ3n) is 10.9. The van der Waals surface area contributed by atoms with Crippen LogP contribution in [0.15, 0.2) is 48.0 Å². The van der Waals surface area contributed by atoms with Crippen molar-refractivity contribution >= 4 is 40.9 Å². The van der Waals surface area contributed by atoms with Crippen LogP contribution in [0, 0.1) is 5.41 Å². The topological polar surface area (TPSA) is 96.5 Å². The molecule has 1 aliphatic carbocycles. The summed E-state index contributed by atoms with van der Waals surface area (Å²) >= 11 is 6.14. The summed E-state index contributed by atoms with van der Waals surface area (Å²) in [6.45, 7) is 6.80. The van der Waals surface area contributed by atoms with Gasteiger partial charge in [0.1, 0.15) is 0 Å². The first-order valence-electron chi connectivity index (χ1n) is 17.4. The second-order valence-corrected chi connectivity index (χ2v) is 15.4. The summed E-state index contributed by atoms with van der Waals surface area (Å²) in [6.07, 6.45) is 2.82. The number of allylic oxidation sites excluding steroid dienone is 1. The lowest BCUT2D eigenvalue weighted by atomic mass is 9.72. The summed E-state index contributed by atoms with van der Waals surface area (Å²) in [4.78, 5) is 56.2. The lowest BCUT2D eigenvalue weighted by molar-refractivity contribution is -0.142. The molecule has 4 heterocycles. The van der Waals surface area contributed by atoms with E-state index in [0.717, 1.165) is 40.7 Å². The van der Waals surface area contributed by atoms with Crippen molar-refractivity contribution in [2.24, 2.45) is 5.41 Å². The van der Waals surface area contributed by atoms with E-state index in [-0.39, 0.29) is 49.2 Å². The molecule has 1 atom stereocenters. The molecule has 266 valence electrons. The van der Waals surface area contributed by atoms with Crippen LogP contribution in [0.5, 0.6) is 0 Å². The summed E-state index contributed by atoms with van der Waals surface area (Å²) < 4.78 is 31.6. The van der Waals surface area contributed by atoms with E-state index < -0.39 is 18.0 Å². The van der Waals surface area contributed by atoms with Gasteiger partial charge in [-0.25, -0.2) is 23.6 Å². The molecule has 4 aliphatic heterocycles. The molecule has 1 unspecified atom stereocenters. The first-order chi connectivity index (χ1) is 23.8. The molecule has 3 saturated heterocycles. The maximum absolute atomic E-state index is 15.8. The molecular weight excluding hydrogens is 666 g/mol. The fourth-order valence-electron chi connectivity index (χ4n) is 8.16. The molecule has 3 fully saturated rings. The number of imide groups is 1. The fourth-order valence-corrected chi connectivity index (χ4v) is 8.28. The van der Waals surface area contributed by atoms with E-state index in [1.165, 1.54) is 10.0 Å². The van der Waals surface area contributed by atoms with Gasteiger partial charge >= 0.3 is 6.03 Å². The molecular formula is C37H43ClF2N6O4. The minimum Gasteiger partial charge on any atom is -0.336 e. The average molecular weight is 709 g/mol. The first kappa shape index (κ1) is 34.6. The number of hydrazine groups is 1. The van der Waals surface area contributed by atoms with Crippen LogP contribution in [0.4, 0.5) is 13.6 Å². The Labute approximate surface area is 295 Å². The number of benzene rings is 2. The van der Waals surface area contributed by atoms with Crippen molar-refractivity contribution in [3.05, 3.63) is 75.3 Å². The summed E-state index contributed by atoms with van der Waals surface area (Å²) in [5.74, 6) is -3.63. The standard InChI is InChI=1S/C37H43ClF2N6O4/c1-36(2)12-9-29(30(20-36)25-4-6-27(38)7-5-25)33(48)44-17-15-43(16-18-44)31-10-13-42(23-37(31,39)40)21-24-3-8-28-26(19-24)22-46(34(28)49)45-14-11-32(47)41-35(45)50/h3-8,19,31H,9-18,20-23H2,1-2H3,(H,41,47,50). The van der Waals surface area contributed by atoms with E-state index in [9.17, 15) is 19.2 Å². The zero-order chi connectivity index (χ0) is 35.4. The average Bonchev–Trinajstić information content (AvgIpc) is 3.39.